The molecular formula is C9H11BrN2O2S2. The summed E-state index contributed by atoms with van der Waals surface area (Å²) in [6.07, 6.45) is 0. The number of hydrogen-bond acceptors (Lipinski definition) is 4. The second kappa shape index (κ2) is 4.45. The Morgan fingerprint density at radius 3 is 2.50 bits per heavy atom. The first kappa shape index (κ1) is 13.6. The van der Waals surface area contributed by atoms with Crippen LogP contribution in [0.3, 0.4) is 0 Å². The molecule has 0 aliphatic heterocycles. The lowest BCUT2D eigenvalue weighted by molar-refractivity contribution is 0.537. The number of halogens is 1. The minimum Gasteiger partial charge on any atom is -0.206 e. The summed E-state index contributed by atoms with van der Waals surface area (Å²) in [5.41, 5.74) is -0.247. The zero-order chi connectivity index (χ0) is 12.6. The third-order valence-corrected chi connectivity index (χ3v) is 6.03. The molecule has 1 rings (SSSR count). The van der Waals surface area contributed by atoms with Gasteiger partial charge in [0.2, 0.25) is 0 Å². The van der Waals surface area contributed by atoms with Crippen molar-refractivity contribution in [3.63, 3.8) is 0 Å². The summed E-state index contributed by atoms with van der Waals surface area (Å²) in [4.78, 5) is 0. The van der Waals surface area contributed by atoms with E-state index >= 15 is 0 Å². The van der Waals surface area contributed by atoms with Crippen molar-refractivity contribution in [3.8, 4) is 6.07 Å². The predicted octanol–water partition coefficient (Wildman–Crippen LogP) is 2.40. The van der Waals surface area contributed by atoms with Crippen molar-refractivity contribution < 1.29 is 8.42 Å². The Kier molecular flexibility index (Phi) is 3.80. The van der Waals surface area contributed by atoms with Gasteiger partial charge < -0.3 is 0 Å². The van der Waals surface area contributed by atoms with Crippen molar-refractivity contribution >= 4 is 37.3 Å². The van der Waals surface area contributed by atoms with E-state index in [1.54, 1.807) is 6.07 Å². The van der Waals surface area contributed by atoms with Crippen molar-refractivity contribution in [1.82, 2.24) is 4.72 Å². The topological polar surface area (TPSA) is 70.0 Å². The maximum Gasteiger partial charge on any atom is 0.251 e. The van der Waals surface area contributed by atoms with Gasteiger partial charge in [0, 0.05) is 0 Å². The van der Waals surface area contributed by atoms with E-state index in [2.05, 4.69) is 20.7 Å². The van der Waals surface area contributed by atoms with Crippen molar-refractivity contribution in [2.75, 3.05) is 0 Å². The molecule has 7 heteroatoms. The first-order chi connectivity index (χ1) is 7.18. The molecule has 0 radical (unpaired) electrons. The van der Waals surface area contributed by atoms with E-state index in [4.69, 9.17) is 5.26 Å². The predicted molar refractivity (Wildman–Crippen MR) is 66.8 cm³/mol. The van der Waals surface area contributed by atoms with Gasteiger partial charge in [-0.3, -0.25) is 0 Å². The van der Waals surface area contributed by atoms with Crippen LogP contribution in [0.2, 0.25) is 0 Å². The molecule has 1 N–H and O–H groups in total. The Morgan fingerprint density at radius 2 is 2.12 bits per heavy atom. The Hall–Kier alpha value is -0.420. The van der Waals surface area contributed by atoms with Crippen LogP contribution < -0.4 is 4.72 Å². The average Bonchev–Trinajstić information content (AvgIpc) is 2.46. The summed E-state index contributed by atoms with van der Waals surface area (Å²) in [6, 6.07) is 3.47. The average molecular weight is 323 g/mol. The fourth-order valence-electron chi connectivity index (χ4n) is 0.973. The number of sulfonamides is 1. The highest BCUT2D eigenvalue weighted by Gasteiger charge is 2.27. The van der Waals surface area contributed by atoms with E-state index < -0.39 is 15.6 Å². The van der Waals surface area contributed by atoms with E-state index in [9.17, 15) is 8.42 Å². The molecule has 0 atom stereocenters. The fraction of sp³-hybridized carbons (Fsp3) is 0.444. The number of thiophene rings is 1. The molecular weight excluding hydrogens is 312 g/mol. The summed E-state index contributed by atoms with van der Waals surface area (Å²) >= 11 is 4.40. The summed E-state index contributed by atoms with van der Waals surface area (Å²) in [5, 5.41) is 8.78. The van der Waals surface area contributed by atoms with E-state index in [1.807, 2.05) is 13.0 Å². The molecule has 0 saturated heterocycles. The van der Waals surface area contributed by atoms with E-state index in [-0.39, 0.29) is 4.21 Å². The second-order valence-electron chi connectivity index (χ2n) is 3.86. The maximum atomic E-state index is 11.9. The number of nitriles is 1. The van der Waals surface area contributed by atoms with E-state index in [0.717, 1.165) is 20.7 Å². The lowest BCUT2D eigenvalue weighted by Gasteiger charge is -2.16. The molecule has 0 aliphatic carbocycles. The molecule has 0 aliphatic rings. The second-order valence-corrected chi connectivity index (χ2v) is 8.14. The quantitative estimate of drug-likeness (QED) is 0.928. The third kappa shape index (κ3) is 3.04. The van der Waals surface area contributed by atoms with Gasteiger partial charge in [-0.25, -0.2) is 8.42 Å². The van der Waals surface area contributed by atoms with Gasteiger partial charge in [-0.1, -0.05) is 0 Å². The number of rotatable bonds is 3. The minimum atomic E-state index is -3.62. The van der Waals surface area contributed by atoms with Crippen LogP contribution in [0.15, 0.2) is 14.1 Å². The molecule has 88 valence electrons. The summed E-state index contributed by atoms with van der Waals surface area (Å²) in [6.45, 7) is 4.84. The van der Waals surface area contributed by atoms with Crippen molar-refractivity contribution in [3.05, 3.63) is 15.4 Å². The minimum absolute atomic E-state index is 0.209. The first-order valence-electron chi connectivity index (χ1n) is 4.39. The van der Waals surface area contributed by atoms with Crippen LogP contribution >= 0.6 is 27.3 Å². The molecule has 0 aromatic carbocycles. The largest absolute Gasteiger partial charge is 0.251 e. The molecule has 0 saturated carbocycles. The highest BCUT2D eigenvalue weighted by Crippen LogP contribution is 2.30. The zero-order valence-corrected chi connectivity index (χ0v) is 12.3. The smallest absolute Gasteiger partial charge is 0.206 e. The molecule has 0 unspecified atom stereocenters. The van der Waals surface area contributed by atoms with Gasteiger partial charge in [0.15, 0.2) is 0 Å². The molecule has 0 spiro atoms. The van der Waals surface area contributed by atoms with Crippen LogP contribution in [0.5, 0.6) is 0 Å². The number of nitrogens with zero attached hydrogens (tertiary/aromatic N) is 1. The Labute approximate surface area is 107 Å². The van der Waals surface area contributed by atoms with Gasteiger partial charge in [0.25, 0.3) is 10.0 Å². The number of hydrogen-bond donors (Lipinski definition) is 1. The maximum absolute atomic E-state index is 11.9. The molecule has 0 bridgehead atoms. The van der Waals surface area contributed by atoms with Crippen molar-refractivity contribution in [1.29, 1.82) is 5.26 Å². The van der Waals surface area contributed by atoms with Crippen molar-refractivity contribution in [2.45, 2.75) is 30.5 Å². The Balaban J connectivity index is 3.10. The van der Waals surface area contributed by atoms with Gasteiger partial charge in [-0.2, -0.15) is 9.98 Å². The number of nitrogens with one attached hydrogen (secondary N) is 1. The van der Waals surface area contributed by atoms with Gasteiger partial charge in [-0.15, -0.1) is 11.3 Å². The number of aryl methyl sites for hydroxylation is 1. The van der Waals surface area contributed by atoms with Crippen molar-refractivity contribution in [2.24, 2.45) is 0 Å². The van der Waals surface area contributed by atoms with Gasteiger partial charge in [0.05, 0.1) is 9.86 Å². The standard InChI is InChI=1S/C9H11BrN2O2S2/c1-6-4-7(15-8(6)10)16(13,14)12-9(2,3)5-11/h4,12H,1-3H3. The van der Waals surface area contributed by atoms with Crippen LogP contribution in [0.4, 0.5) is 0 Å². The normalized spacial score (nSPS) is 12.4. The summed E-state index contributed by atoms with van der Waals surface area (Å²) in [5.74, 6) is 0. The van der Waals surface area contributed by atoms with Gasteiger partial charge in [-0.05, 0) is 48.3 Å². The molecule has 1 aromatic rings. The summed E-state index contributed by atoms with van der Waals surface area (Å²) < 4.78 is 27.1. The lowest BCUT2D eigenvalue weighted by Crippen LogP contribution is -2.41. The molecule has 1 heterocycles. The Morgan fingerprint density at radius 1 is 1.56 bits per heavy atom. The van der Waals surface area contributed by atoms with Crippen LogP contribution in [0.1, 0.15) is 19.4 Å². The molecule has 16 heavy (non-hydrogen) atoms. The molecule has 1 aromatic heterocycles. The highest BCUT2D eigenvalue weighted by atomic mass is 79.9. The van der Waals surface area contributed by atoms with Crippen LogP contribution in [-0.2, 0) is 10.0 Å². The zero-order valence-electron chi connectivity index (χ0n) is 9.04. The first-order valence-corrected chi connectivity index (χ1v) is 7.48. The monoisotopic (exact) mass is 322 g/mol. The van der Waals surface area contributed by atoms with Crippen LogP contribution in [-0.4, -0.2) is 14.0 Å². The van der Waals surface area contributed by atoms with E-state index in [0.29, 0.717) is 0 Å². The fourth-order valence-corrected chi connectivity index (χ4v) is 4.53. The van der Waals surface area contributed by atoms with Crippen LogP contribution in [0, 0.1) is 18.3 Å². The van der Waals surface area contributed by atoms with E-state index in [1.165, 1.54) is 13.8 Å². The molecule has 0 amide bonds. The molecule has 0 fully saturated rings. The molecule has 4 nitrogen and oxygen atoms in total. The summed E-state index contributed by atoms with van der Waals surface area (Å²) in [7, 11) is -3.62. The van der Waals surface area contributed by atoms with Gasteiger partial charge in [0.1, 0.15) is 9.75 Å². The Bertz CT molecular complexity index is 521. The van der Waals surface area contributed by atoms with Gasteiger partial charge >= 0.3 is 0 Å². The SMILES string of the molecule is Cc1cc(S(=O)(=O)NC(C)(C)C#N)sc1Br. The van der Waals surface area contributed by atoms with Crippen LogP contribution in [0.25, 0.3) is 0 Å². The highest BCUT2D eigenvalue weighted by molar-refractivity contribution is 9.11. The third-order valence-electron chi connectivity index (χ3n) is 1.77. The lowest BCUT2D eigenvalue weighted by atomic mass is 10.1.